The van der Waals surface area contributed by atoms with Crippen molar-refractivity contribution in [2.24, 2.45) is 0 Å². The van der Waals surface area contributed by atoms with Crippen LogP contribution in [0.5, 0.6) is 0 Å². The predicted molar refractivity (Wildman–Crippen MR) is 82.3 cm³/mol. The van der Waals surface area contributed by atoms with Crippen molar-refractivity contribution in [3.63, 3.8) is 0 Å². The van der Waals surface area contributed by atoms with Crippen molar-refractivity contribution in [3.8, 4) is 0 Å². The van der Waals surface area contributed by atoms with Gasteiger partial charge in [0.05, 0.1) is 11.6 Å². The van der Waals surface area contributed by atoms with E-state index in [0.717, 1.165) is 31.9 Å². The van der Waals surface area contributed by atoms with E-state index >= 15 is 0 Å². The summed E-state index contributed by atoms with van der Waals surface area (Å²) in [5.41, 5.74) is -0.181. The molecule has 0 amide bonds. The molecule has 0 aromatic heterocycles. The quantitative estimate of drug-likeness (QED) is 0.719. The molecule has 1 aromatic carbocycles. The summed E-state index contributed by atoms with van der Waals surface area (Å²) in [4.78, 5) is 0. The first kappa shape index (κ1) is 18.1. The fourth-order valence-electron chi connectivity index (χ4n) is 2.84. The van der Waals surface area contributed by atoms with Crippen molar-refractivity contribution in [2.45, 2.75) is 58.6 Å². The van der Waals surface area contributed by atoms with Crippen molar-refractivity contribution < 1.29 is 13.5 Å². The summed E-state index contributed by atoms with van der Waals surface area (Å²) in [7, 11) is 0. The Kier molecular flexibility index (Phi) is 7.26. The van der Waals surface area contributed by atoms with Crippen LogP contribution in [0.4, 0.5) is 8.78 Å². The highest BCUT2D eigenvalue weighted by atomic mass is 19.1. The molecule has 0 heterocycles. The fraction of sp³-hybridized carbons (Fsp3) is 0.647. The van der Waals surface area contributed by atoms with Crippen molar-refractivity contribution in [1.82, 2.24) is 5.32 Å². The molecule has 0 bridgehead atoms. The van der Waals surface area contributed by atoms with Crippen molar-refractivity contribution in [3.05, 3.63) is 35.4 Å². The van der Waals surface area contributed by atoms with E-state index in [2.05, 4.69) is 5.32 Å². The molecule has 0 radical (unpaired) electrons. The van der Waals surface area contributed by atoms with Crippen LogP contribution in [0.1, 0.15) is 58.6 Å². The molecule has 1 atom stereocenters. The van der Waals surface area contributed by atoms with Gasteiger partial charge in [-0.1, -0.05) is 20.8 Å². The van der Waals surface area contributed by atoms with Gasteiger partial charge in [0.2, 0.25) is 0 Å². The van der Waals surface area contributed by atoms with E-state index in [4.69, 9.17) is 4.74 Å². The SMILES string of the molecule is CCCNC(c1cc(F)ccc1F)C(CC)(CC)OCC. The second kappa shape index (κ2) is 8.44. The Morgan fingerprint density at radius 3 is 2.33 bits per heavy atom. The van der Waals surface area contributed by atoms with Gasteiger partial charge in [0.15, 0.2) is 0 Å². The van der Waals surface area contributed by atoms with Gasteiger partial charge in [-0.15, -0.1) is 0 Å². The molecule has 120 valence electrons. The summed E-state index contributed by atoms with van der Waals surface area (Å²) in [6.45, 7) is 9.30. The van der Waals surface area contributed by atoms with Crippen LogP contribution in [0.3, 0.4) is 0 Å². The van der Waals surface area contributed by atoms with Crippen LogP contribution in [0, 0.1) is 11.6 Å². The van der Waals surface area contributed by atoms with Crippen LogP contribution in [0.25, 0.3) is 0 Å². The number of hydrogen-bond donors (Lipinski definition) is 1. The highest BCUT2D eigenvalue weighted by Crippen LogP contribution is 2.36. The Hall–Kier alpha value is -1.00. The maximum absolute atomic E-state index is 14.2. The zero-order valence-corrected chi connectivity index (χ0v) is 13.5. The van der Waals surface area contributed by atoms with Crippen LogP contribution in [0.2, 0.25) is 0 Å². The maximum Gasteiger partial charge on any atom is 0.128 e. The van der Waals surface area contributed by atoms with Crippen LogP contribution in [-0.2, 0) is 4.74 Å². The largest absolute Gasteiger partial charge is 0.373 e. The van der Waals surface area contributed by atoms with E-state index in [1.165, 1.54) is 12.1 Å². The summed E-state index contributed by atoms with van der Waals surface area (Å²) in [6.07, 6.45) is 2.38. The van der Waals surface area contributed by atoms with Crippen LogP contribution in [0.15, 0.2) is 18.2 Å². The summed E-state index contributed by atoms with van der Waals surface area (Å²) >= 11 is 0. The molecular weight excluding hydrogens is 272 g/mol. The summed E-state index contributed by atoms with van der Waals surface area (Å²) in [5, 5.41) is 3.35. The minimum Gasteiger partial charge on any atom is -0.373 e. The smallest absolute Gasteiger partial charge is 0.128 e. The average molecular weight is 299 g/mol. The Labute approximate surface area is 126 Å². The van der Waals surface area contributed by atoms with E-state index in [9.17, 15) is 8.78 Å². The monoisotopic (exact) mass is 299 g/mol. The van der Waals surface area contributed by atoms with E-state index in [-0.39, 0.29) is 6.04 Å². The number of nitrogens with one attached hydrogen (secondary N) is 1. The first-order chi connectivity index (χ1) is 10.0. The average Bonchev–Trinajstić information content (AvgIpc) is 2.49. The molecule has 0 aliphatic rings. The van der Waals surface area contributed by atoms with Gasteiger partial charge in [0.25, 0.3) is 0 Å². The van der Waals surface area contributed by atoms with Gasteiger partial charge < -0.3 is 10.1 Å². The molecule has 21 heavy (non-hydrogen) atoms. The first-order valence-corrected chi connectivity index (χ1v) is 7.86. The Morgan fingerprint density at radius 2 is 1.81 bits per heavy atom. The van der Waals surface area contributed by atoms with Gasteiger partial charge in [0, 0.05) is 12.2 Å². The highest BCUT2D eigenvalue weighted by Gasteiger charge is 2.38. The van der Waals surface area contributed by atoms with Gasteiger partial charge >= 0.3 is 0 Å². The molecule has 0 spiro atoms. The minimum absolute atomic E-state index is 0.348. The number of halogens is 2. The van der Waals surface area contributed by atoms with Crippen LogP contribution < -0.4 is 5.32 Å². The Balaban J connectivity index is 3.28. The second-order valence-electron chi connectivity index (χ2n) is 5.26. The standard InChI is InChI=1S/C17H27F2NO/c1-5-11-20-16(17(6-2,7-3)21-8-4)14-12-13(18)9-10-15(14)19/h9-10,12,16,20H,5-8,11H2,1-4H3. The molecule has 0 aliphatic heterocycles. The van der Waals surface area contributed by atoms with Crippen LogP contribution in [-0.4, -0.2) is 18.8 Å². The summed E-state index contributed by atoms with van der Waals surface area (Å²) in [6, 6.07) is 3.26. The van der Waals surface area contributed by atoms with Crippen LogP contribution >= 0.6 is 0 Å². The van der Waals surface area contributed by atoms with Crippen molar-refractivity contribution in [1.29, 1.82) is 0 Å². The predicted octanol–water partition coefficient (Wildman–Crippen LogP) is 4.60. The van der Waals surface area contributed by atoms with Crippen molar-refractivity contribution >= 4 is 0 Å². The first-order valence-electron chi connectivity index (χ1n) is 7.86. The van der Waals surface area contributed by atoms with Crippen molar-refractivity contribution in [2.75, 3.05) is 13.2 Å². The van der Waals surface area contributed by atoms with E-state index in [1.807, 2.05) is 27.7 Å². The summed E-state index contributed by atoms with van der Waals surface area (Å²) < 4.78 is 33.8. The molecule has 1 N–H and O–H groups in total. The zero-order valence-electron chi connectivity index (χ0n) is 13.5. The lowest BCUT2D eigenvalue weighted by molar-refractivity contribution is -0.0740. The van der Waals surface area contributed by atoms with E-state index < -0.39 is 17.2 Å². The van der Waals surface area contributed by atoms with Gasteiger partial charge in [0.1, 0.15) is 11.6 Å². The fourth-order valence-corrected chi connectivity index (χ4v) is 2.84. The van der Waals surface area contributed by atoms with Gasteiger partial charge in [-0.05, 0) is 50.9 Å². The zero-order chi connectivity index (χ0) is 15.9. The highest BCUT2D eigenvalue weighted by molar-refractivity contribution is 5.25. The number of rotatable bonds is 9. The minimum atomic E-state index is -0.529. The summed E-state index contributed by atoms with van der Waals surface area (Å²) in [5.74, 6) is -0.816. The maximum atomic E-state index is 14.2. The van der Waals surface area contributed by atoms with Gasteiger partial charge in [-0.25, -0.2) is 8.78 Å². The van der Waals surface area contributed by atoms with E-state index in [0.29, 0.717) is 12.2 Å². The number of ether oxygens (including phenoxy) is 1. The molecule has 1 aromatic rings. The lowest BCUT2D eigenvalue weighted by Crippen LogP contribution is -2.46. The molecule has 0 aliphatic carbocycles. The molecule has 4 heteroatoms. The third kappa shape index (κ3) is 4.24. The molecule has 0 saturated carbocycles. The second-order valence-corrected chi connectivity index (χ2v) is 5.26. The molecule has 0 fully saturated rings. The molecular formula is C17H27F2NO. The van der Waals surface area contributed by atoms with Gasteiger partial charge in [-0.2, -0.15) is 0 Å². The third-order valence-electron chi connectivity index (χ3n) is 4.02. The van der Waals surface area contributed by atoms with E-state index in [1.54, 1.807) is 0 Å². The molecule has 0 saturated heterocycles. The molecule has 2 nitrogen and oxygen atoms in total. The lowest BCUT2D eigenvalue weighted by atomic mass is 9.83. The molecule has 1 rings (SSSR count). The van der Waals surface area contributed by atoms with Gasteiger partial charge in [-0.3, -0.25) is 0 Å². The lowest BCUT2D eigenvalue weighted by Gasteiger charge is -2.40. The normalized spacial score (nSPS) is 13.4. The topological polar surface area (TPSA) is 21.3 Å². The number of benzene rings is 1. The third-order valence-corrected chi connectivity index (χ3v) is 4.02. The molecule has 1 unspecified atom stereocenters. The Morgan fingerprint density at radius 1 is 1.14 bits per heavy atom. The number of hydrogen-bond acceptors (Lipinski definition) is 2. The Bertz CT molecular complexity index is 433.